The Morgan fingerprint density at radius 2 is 0.930 bits per heavy atom. The fourth-order valence-corrected chi connectivity index (χ4v) is 9.30. The summed E-state index contributed by atoms with van der Waals surface area (Å²) in [6, 6.07) is 72.6. The van der Waals surface area contributed by atoms with E-state index in [1.165, 1.54) is 38.6 Å². The molecule has 9 aromatic carbocycles. The third-order valence-corrected chi connectivity index (χ3v) is 12.0. The van der Waals surface area contributed by atoms with E-state index in [9.17, 15) is 0 Å². The van der Waals surface area contributed by atoms with Crippen molar-refractivity contribution in [3.8, 4) is 67.1 Å². The van der Waals surface area contributed by atoms with Crippen molar-refractivity contribution in [2.75, 3.05) is 4.90 Å². The van der Waals surface area contributed by atoms with Crippen molar-refractivity contribution < 1.29 is 4.74 Å². The Morgan fingerprint density at radius 3 is 1.70 bits per heavy atom. The van der Waals surface area contributed by atoms with Crippen LogP contribution in [0.25, 0.3) is 66.4 Å². The molecule has 0 bridgehead atoms. The van der Waals surface area contributed by atoms with Crippen LogP contribution in [0.15, 0.2) is 200 Å². The first-order valence-electron chi connectivity index (χ1n) is 19.8. The van der Waals surface area contributed by atoms with Crippen LogP contribution in [0, 0.1) is 0 Å². The van der Waals surface area contributed by atoms with E-state index in [-0.39, 0.29) is 5.41 Å². The molecule has 1 heterocycles. The number of nitrogens with zero attached hydrogens (tertiary/aromatic N) is 1. The lowest BCUT2D eigenvalue weighted by molar-refractivity contribution is 0.488. The highest BCUT2D eigenvalue weighted by Crippen LogP contribution is 2.56. The molecule has 0 spiro atoms. The minimum Gasteiger partial charge on any atom is -0.456 e. The highest BCUT2D eigenvalue weighted by molar-refractivity contribution is 6.07. The number of fused-ring (bicyclic) bond motifs is 9. The largest absolute Gasteiger partial charge is 0.456 e. The van der Waals surface area contributed by atoms with Crippen LogP contribution in [0.5, 0.6) is 11.5 Å². The maximum absolute atomic E-state index is 7.15. The summed E-state index contributed by atoms with van der Waals surface area (Å²) in [5.74, 6) is 1.67. The Hall–Kier alpha value is -7.16. The van der Waals surface area contributed by atoms with E-state index in [0.717, 1.165) is 67.5 Å². The van der Waals surface area contributed by atoms with Gasteiger partial charge in [0.1, 0.15) is 11.5 Å². The van der Waals surface area contributed by atoms with Gasteiger partial charge in [-0.15, -0.1) is 0 Å². The van der Waals surface area contributed by atoms with Gasteiger partial charge in [-0.05, 0) is 121 Å². The zero-order valence-electron chi connectivity index (χ0n) is 31.9. The summed E-state index contributed by atoms with van der Waals surface area (Å²) in [4.78, 5) is 2.45. The normalized spacial score (nSPS) is 13.0. The smallest absolute Gasteiger partial charge is 0.137 e. The van der Waals surface area contributed by atoms with Crippen LogP contribution in [0.2, 0.25) is 0 Å². The molecule has 57 heavy (non-hydrogen) atoms. The molecule has 0 atom stereocenters. The predicted molar refractivity (Wildman–Crippen MR) is 238 cm³/mol. The molecule has 11 rings (SSSR count). The second-order valence-electron chi connectivity index (χ2n) is 15.7. The molecular weight excluding hydrogens is 691 g/mol. The van der Waals surface area contributed by atoms with Gasteiger partial charge < -0.3 is 9.64 Å². The summed E-state index contributed by atoms with van der Waals surface area (Å²) >= 11 is 0. The standard InChI is InChI=1S/C55H39NO/c1-55(2)48-26-12-11-24-44(48)45-31-30-42(35-49(45)55)56(41-23-13-22-38(32-41)36-16-5-3-6-17-36)50-27-15-29-52-54(50)47-34-40-21-10-9-20-39(40)33-46(47)53-43(25-14-28-51(53)57-52)37-18-7-4-8-19-37/h3-35H,1-2H3. The third kappa shape index (κ3) is 5.33. The number of ether oxygens (including phenoxy) is 1. The lowest BCUT2D eigenvalue weighted by Crippen LogP contribution is -2.17. The lowest BCUT2D eigenvalue weighted by Gasteiger charge is -2.30. The Morgan fingerprint density at radius 1 is 0.368 bits per heavy atom. The van der Waals surface area contributed by atoms with Crippen molar-refractivity contribution in [1.82, 2.24) is 0 Å². The fraction of sp³-hybridized carbons (Fsp3) is 0.0545. The van der Waals surface area contributed by atoms with Gasteiger partial charge >= 0.3 is 0 Å². The number of anilines is 3. The number of hydrogen-bond donors (Lipinski definition) is 0. The van der Waals surface area contributed by atoms with E-state index < -0.39 is 0 Å². The second kappa shape index (κ2) is 13.0. The van der Waals surface area contributed by atoms with Gasteiger partial charge in [0.05, 0.1) is 5.69 Å². The minimum atomic E-state index is -0.156. The zero-order chi connectivity index (χ0) is 38.1. The first-order valence-corrected chi connectivity index (χ1v) is 19.8. The number of hydrogen-bond acceptors (Lipinski definition) is 2. The van der Waals surface area contributed by atoms with Gasteiger partial charge in [0.25, 0.3) is 0 Å². The maximum atomic E-state index is 7.15. The summed E-state index contributed by atoms with van der Waals surface area (Å²) in [5, 5.41) is 2.38. The van der Waals surface area contributed by atoms with Crippen molar-refractivity contribution in [3.05, 3.63) is 211 Å². The zero-order valence-corrected chi connectivity index (χ0v) is 31.9. The second-order valence-corrected chi connectivity index (χ2v) is 15.7. The average molecular weight is 730 g/mol. The van der Waals surface area contributed by atoms with Crippen LogP contribution in [0.1, 0.15) is 25.0 Å². The molecule has 0 radical (unpaired) electrons. The van der Waals surface area contributed by atoms with Gasteiger partial charge in [0.15, 0.2) is 0 Å². The molecule has 1 aliphatic carbocycles. The van der Waals surface area contributed by atoms with Crippen molar-refractivity contribution in [3.63, 3.8) is 0 Å². The van der Waals surface area contributed by atoms with E-state index in [4.69, 9.17) is 4.74 Å². The molecule has 1 aliphatic heterocycles. The first-order chi connectivity index (χ1) is 28.0. The molecule has 0 unspecified atom stereocenters. The molecule has 2 heteroatoms. The van der Waals surface area contributed by atoms with Gasteiger partial charge in [-0.1, -0.05) is 159 Å². The molecule has 270 valence electrons. The Balaban J connectivity index is 1.20. The molecule has 0 aromatic heterocycles. The Labute approximate surface area is 333 Å². The van der Waals surface area contributed by atoms with E-state index >= 15 is 0 Å². The number of benzene rings is 9. The van der Waals surface area contributed by atoms with Crippen LogP contribution in [0.4, 0.5) is 17.1 Å². The van der Waals surface area contributed by atoms with E-state index in [1.54, 1.807) is 0 Å². The molecule has 2 nitrogen and oxygen atoms in total. The first kappa shape index (κ1) is 33.2. The van der Waals surface area contributed by atoms with Gasteiger partial charge in [0, 0.05) is 27.9 Å². The highest BCUT2D eigenvalue weighted by atomic mass is 16.5. The summed E-state index contributed by atoms with van der Waals surface area (Å²) in [7, 11) is 0. The molecule has 0 saturated carbocycles. The van der Waals surface area contributed by atoms with Crippen LogP contribution < -0.4 is 9.64 Å². The molecule has 0 N–H and O–H groups in total. The maximum Gasteiger partial charge on any atom is 0.137 e. The average Bonchev–Trinajstić information content (AvgIpc) is 3.39. The molecular formula is C55H39NO. The molecule has 0 amide bonds. The SMILES string of the molecule is CC1(C)c2ccccc2-c2ccc(N(c3cccc(-c4ccccc4)c3)c3cccc4c3-c3cc5ccccc5cc3-c3c(cccc3-c3ccccc3)O4)cc21. The van der Waals surface area contributed by atoms with E-state index in [2.05, 4.69) is 219 Å². The molecule has 2 aliphatic rings. The van der Waals surface area contributed by atoms with Crippen molar-refractivity contribution in [1.29, 1.82) is 0 Å². The van der Waals surface area contributed by atoms with Gasteiger partial charge in [-0.2, -0.15) is 0 Å². The van der Waals surface area contributed by atoms with E-state index in [0.29, 0.717) is 0 Å². The Kier molecular flexibility index (Phi) is 7.55. The predicted octanol–water partition coefficient (Wildman–Crippen LogP) is 15.4. The van der Waals surface area contributed by atoms with Crippen LogP contribution in [0.3, 0.4) is 0 Å². The fourth-order valence-electron chi connectivity index (χ4n) is 9.30. The Bertz CT molecular complexity index is 3020. The molecule has 9 aromatic rings. The molecule has 0 saturated heterocycles. The van der Waals surface area contributed by atoms with Crippen molar-refractivity contribution in [2.24, 2.45) is 0 Å². The third-order valence-electron chi connectivity index (χ3n) is 12.0. The quantitative estimate of drug-likeness (QED) is 0.175. The van der Waals surface area contributed by atoms with Gasteiger partial charge in [0.2, 0.25) is 0 Å². The van der Waals surface area contributed by atoms with Gasteiger partial charge in [-0.3, -0.25) is 0 Å². The van der Waals surface area contributed by atoms with Gasteiger partial charge in [-0.25, -0.2) is 0 Å². The summed E-state index contributed by atoms with van der Waals surface area (Å²) < 4.78 is 7.15. The van der Waals surface area contributed by atoms with E-state index in [1.807, 2.05) is 0 Å². The lowest BCUT2D eigenvalue weighted by atomic mass is 9.82. The summed E-state index contributed by atoms with van der Waals surface area (Å²) in [6.45, 7) is 4.71. The summed E-state index contributed by atoms with van der Waals surface area (Å²) in [6.07, 6.45) is 0. The van der Waals surface area contributed by atoms with Crippen molar-refractivity contribution in [2.45, 2.75) is 19.3 Å². The number of rotatable bonds is 5. The topological polar surface area (TPSA) is 12.5 Å². The summed E-state index contributed by atoms with van der Waals surface area (Å²) in [5.41, 5.74) is 17.5. The monoisotopic (exact) mass is 729 g/mol. The highest BCUT2D eigenvalue weighted by Gasteiger charge is 2.36. The minimum absolute atomic E-state index is 0.156. The van der Waals surface area contributed by atoms with Crippen LogP contribution >= 0.6 is 0 Å². The molecule has 0 fully saturated rings. The van der Waals surface area contributed by atoms with Crippen LogP contribution in [-0.4, -0.2) is 0 Å². The van der Waals surface area contributed by atoms with Crippen molar-refractivity contribution >= 4 is 27.8 Å². The van der Waals surface area contributed by atoms with Crippen LogP contribution in [-0.2, 0) is 5.41 Å².